The molecule has 1 heterocycles. The molecule has 0 spiro atoms. The molecule has 0 aliphatic rings. The minimum atomic E-state index is -4.40. The summed E-state index contributed by atoms with van der Waals surface area (Å²) in [6.45, 7) is 0. The van der Waals surface area contributed by atoms with E-state index >= 15 is 0 Å². The zero-order valence-corrected chi connectivity index (χ0v) is 9.00. The van der Waals surface area contributed by atoms with Crippen LogP contribution in [-0.4, -0.2) is 0 Å². The van der Waals surface area contributed by atoms with E-state index in [2.05, 4.69) is 0 Å². The molecule has 0 atom stereocenters. The van der Waals surface area contributed by atoms with Gasteiger partial charge in [-0.2, -0.15) is 13.2 Å². The summed E-state index contributed by atoms with van der Waals surface area (Å²) in [5, 5.41) is 0. The van der Waals surface area contributed by atoms with Crippen molar-refractivity contribution in [3.8, 4) is 0 Å². The van der Waals surface area contributed by atoms with Crippen LogP contribution in [0.25, 0.3) is 0 Å². The van der Waals surface area contributed by atoms with E-state index in [1.165, 1.54) is 6.07 Å². The van der Waals surface area contributed by atoms with Crippen LogP contribution in [0.5, 0.6) is 0 Å². The highest BCUT2D eigenvalue weighted by molar-refractivity contribution is 5.17. The summed E-state index contributed by atoms with van der Waals surface area (Å²) in [7, 11) is 0. The lowest BCUT2D eigenvalue weighted by atomic mass is 10.1. The molecule has 0 fully saturated rings. The number of rotatable bonds is 3. The van der Waals surface area contributed by atoms with Crippen LogP contribution in [0.15, 0.2) is 46.9 Å². The Morgan fingerprint density at radius 1 is 0.882 bits per heavy atom. The summed E-state index contributed by atoms with van der Waals surface area (Å²) in [5.41, 5.74) is 1.08. The molecule has 0 aliphatic heterocycles. The average Bonchev–Trinajstić information content (AvgIpc) is 2.76. The van der Waals surface area contributed by atoms with Crippen LogP contribution in [-0.2, 0) is 19.0 Å². The summed E-state index contributed by atoms with van der Waals surface area (Å²) in [6, 6.07) is 11.9. The summed E-state index contributed by atoms with van der Waals surface area (Å²) in [4.78, 5) is 0. The minimum absolute atomic E-state index is 0.362. The van der Waals surface area contributed by atoms with E-state index in [1.54, 1.807) is 0 Å². The van der Waals surface area contributed by atoms with Crippen LogP contribution >= 0.6 is 0 Å². The number of hydrogen-bond donors (Lipinski definition) is 0. The molecule has 1 aromatic carbocycles. The number of alkyl halides is 3. The number of aryl methyl sites for hydroxylation is 2. The maximum Gasteiger partial charge on any atom is 0.449 e. The largest absolute Gasteiger partial charge is 0.457 e. The molecule has 17 heavy (non-hydrogen) atoms. The third-order valence-electron chi connectivity index (χ3n) is 2.44. The fraction of sp³-hybridized carbons (Fsp3) is 0.231. The first-order valence-corrected chi connectivity index (χ1v) is 5.25. The summed E-state index contributed by atoms with van der Waals surface area (Å²) < 4.78 is 41.6. The van der Waals surface area contributed by atoms with Crippen molar-refractivity contribution in [2.24, 2.45) is 0 Å². The molecule has 2 rings (SSSR count). The second kappa shape index (κ2) is 4.65. The van der Waals surface area contributed by atoms with Gasteiger partial charge in [0.15, 0.2) is 0 Å². The molecule has 0 saturated carbocycles. The normalized spacial score (nSPS) is 11.7. The van der Waals surface area contributed by atoms with E-state index in [1.807, 2.05) is 30.3 Å². The summed E-state index contributed by atoms with van der Waals surface area (Å²) in [6.07, 6.45) is -3.25. The van der Waals surface area contributed by atoms with E-state index in [9.17, 15) is 13.2 Å². The second-order valence-electron chi connectivity index (χ2n) is 3.75. The highest BCUT2D eigenvalue weighted by Gasteiger charge is 2.34. The van der Waals surface area contributed by atoms with Crippen molar-refractivity contribution in [2.45, 2.75) is 19.0 Å². The van der Waals surface area contributed by atoms with Gasteiger partial charge in [0.2, 0.25) is 5.76 Å². The maximum atomic E-state index is 12.3. The smallest absolute Gasteiger partial charge is 0.449 e. The Labute approximate surface area is 96.9 Å². The number of hydrogen-bond acceptors (Lipinski definition) is 1. The third-order valence-corrected chi connectivity index (χ3v) is 2.44. The second-order valence-corrected chi connectivity index (χ2v) is 3.75. The predicted octanol–water partition coefficient (Wildman–Crippen LogP) is 4.08. The van der Waals surface area contributed by atoms with Crippen LogP contribution in [0.3, 0.4) is 0 Å². The Morgan fingerprint density at radius 3 is 2.18 bits per heavy atom. The van der Waals surface area contributed by atoms with Crippen molar-refractivity contribution >= 4 is 0 Å². The third kappa shape index (κ3) is 3.12. The molecule has 2 aromatic rings. The highest BCUT2D eigenvalue weighted by Crippen LogP contribution is 2.30. The van der Waals surface area contributed by atoms with Gasteiger partial charge in [-0.15, -0.1) is 0 Å². The van der Waals surface area contributed by atoms with Crippen LogP contribution < -0.4 is 0 Å². The van der Waals surface area contributed by atoms with Crippen LogP contribution in [0, 0.1) is 0 Å². The number of halogens is 3. The molecule has 0 unspecified atom stereocenters. The van der Waals surface area contributed by atoms with Crippen molar-refractivity contribution in [3.05, 3.63) is 59.5 Å². The fourth-order valence-corrected chi connectivity index (χ4v) is 1.58. The fourth-order valence-electron chi connectivity index (χ4n) is 1.58. The zero-order chi connectivity index (χ0) is 12.3. The Bertz CT molecular complexity index is 471. The lowest BCUT2D eigenvalue weighted by Crippen LogP contribution is -2.02. The lowest BCUT2D eigenvalue weighted by Gasteiger charge is -2.01. The van der Waals surface area contributed by atoms with Gasteiger partial charge in [-0.3, -0.25) is 0 Å². The van der Waals surface area contributed by atoms with E-state index in [4.69, 9.17) is 4.42 Å². The van der Waals surface area contributed by atoms with Gasteiger partial charge in [0.05, 0.1) is 0 Å². The van der Waals surface area contributed by atoms with Gasteiger partial charge >= 0.3 is 6.18 Å². The van der Waals surface area contributed by atoms with Crippen LogP contribution in [0.4, 0.5) is 13.2 Å². The lowest BCUT2D eigenvalue weighted by molar-refractivity contribution is -0.153. The Kier molecular flexibility index (Phi) is 3.22. The first-order chi connectivity index (χ1) is 8.05. The zero-order valence-electron chi connectivity index (χ0n) is 9.00. The van der Waals surface area contributed by atoms with Crippen molar-refractivity contribution in [2.75, 3.05) is 0 Å². The first kappa shape index (κ1) is 11.8. The topological polar surface area (TPSA) is 13.1 Å². The van der Waals surface area contributed by atoms with Gasteiger partial charge in [-0.25, -0.2) is 0 Å². The average molecular weight is 240 g/mol. The molecule has 1 aromatic heterocycles. The first-order valence-electron chi connectivity index (χ1n) is 5.25. The maximum absolute atomic E-state index is 12.3. The molecular formula is C13H11F3O. The molecule has 0 N–H and O–H groups in total. The molecule has 4 heteroatoms. The van der Waals surface area contributed by atoms with Crippen LogP contribution in [0.2, 0.25) is 0 Å². The van der Waals surface area contributed by atoms with Gasteiger partial charge in [0, 0.05) is 6.42 Å². The minimum Gasteiger partial charge on any atom is -0.457 e. The van der Waals surface area contributed by atoms with Crippen molar-refractivity contribution in [1.29, 1.82) is 0 Å². The Hall–Kier alpha value is -1.71. The predicted molar refractivity (Wildman–Crippen MR) is 57.6 cm³/mol. The Morgan fingerprint density at radius 2 is 1.59 bits per heavy atom. The van der Waals surface area contributed by atoms with Gasteiger partial charge in [0.25, 0.3) is 0 Å². The molecule has 0 amide bonds. The standard InChI is InChI=1S/C13H11F3O/c14-13(15,16)12-9-8-11(17-12)7-6-10-4-2-1-3-5-10/h1-5,8-9H,6-7H2. The SMILES string of the molecule is FC(F)(F)c1ccc(CCc2ccccc2)o1. The molecule has 0 aliphatic carbocycles. The van der Waals surface area contributed by atoms with Gasteiger partial charge in [-0.05, 0) is 24.1 Å². The van der Waals surface area contributed by atoms with E-state index in [0.717, 1.165) is 11.6 Å². The van der Waals surface area contributed by atoms with Gasteiger partial charge < -0.3 is 4.42 Å². The van der Waals surface area contributed by atoms with Crippen LogP contribution in [0.1, 0.15) is 17.1 Å². The molecule has 1 nitrogen and oxygen atoms in total. The molecule has 0 radical (unpaired) electrons. The summed E-state index contributed by atoms with van der Waals surface area (Å²) in [5.74, 6) is -0.568. The van der Waals surface area contributed by atoms with E-state index in [-0.39, 0.29) is 0 Å². The molecular weight excluding hydrogens is 229 g/mol. The van der Waals surface area contributed by atoms with E-state index < -0.39 is 11.9 Å². The highest BCUT2D eigenvalue weighted by atomic mass is 19.4. The monoisotopic (exact) mass is 240 g/mol. The van der Waals surface area contributed by atoms with Gasteiger partial charge in [-0.1, -0.05) is 30.3 Å². The number of benzene rings is 1. The molecule has 0 bridgehead atoms. The summed E-state index contributed by atoms with van der Waals surface area (Å²) >= 11 is 0. The van der Waals surface area contributed by atoms with Crippen molar-refractivity contribution in [3.63, 3.8) is 0 Å². The molecule has 90 valence electrons. The quantitative estimate of drug-likeness (QED) is 0.787. The molecule has 0 saturated heterocycles. The van der Waals surface area contributed by atoms with Gasteiger partial charge in [0.1, 0.15) is 5.76 Å². The van der Waals surface area contributed by atoms with Crippen molar-refractivity contribution in [1.82, 2.24) is 0 Å². The van der Waals surface area contributed by atoms with Crippen molar-refractivity contribution < 1.29 is 17.6 Å². The van der Waals surface area contributed by atoms with E-state index in [0.29, 0.717) is 18.6 Å². The number of furan rings is 1. The Balaban J connectivity index is 1.99.